The summed E-state index contributed by atoms with van der Waals surface area (Å²) in [5, 5.41) is 6.42. The van der Waals surface area contributed by atoms with Crippen molar-refractivity contribution in [3.63, 3.8) is 0 Å². The molecule has 0 aromatic heterocycles. The number of halogens is 2. The van der Waals surface area contributed by atoms with E-state index in [2.05, 4.69) is 46.8 Å². The van der Waals surface area contributed by atoms with Crippen molar-refractivity contribution >= 4 is 51.5 Å². The number of nitrogens with one attached hydrogen (secondary N) is 2. The maximum absolute atomic E-state index is 13.7. The van der Waals surface area contributed by atoms with Crippen LogP contribution in [0.3, 0.4) is 0 Å². The van der Waals surface area contributed by atoms with Crippen molar-refractivity contribution in [2.45, 2.75) is 31.0 Å². The summed E-state index contributed by atoms with van der Waals surface area (Å²) in [5.74, 6) is 0.952. The first kappa shape index (κ1) is 26.7. The van der Waals surface area contributed by atoms with E-state index < -0.39 is 15.7 Å². The SMILES string of the molecule is CCNC(=NCc1cc(F)ccc1CS(C)(=O)=O)NCCSc1ccc(C)cc1.I. The number of sulfone groups is 1. The summed E-state index contributed by atoms with van der Waals surface area (Å²) in [4.78, 5) is 5.71. The molecule has 166 valence electrons. The Morgan fingerprint density at radius 1 is 1.10 bits per heavy atom. The third-order valence-electron chi connectivity index (χ3n) is 4.02. The quantitative estimate of drug-likeness (QED) is 0.157. The fraction of sp³-hybridized carbons (Fsp3) is 0.381. The van der Waals surface area contributed by atoms with Gasteiger partial charge in [0, 0.05) is 30.0 Å². The van der Waals surface area contributed by atoms with Crippen LogP contribution in [0.4, 0.5) is 4.39 Å². The molecule has 2 aromatic carbocycles. The lowest BCUT2D eigenvalue weighted by molar-refractivity contribution is 0.600. The second-order valence-electron chi connectivity index (χ2n) is 6.77. The fourth-order valence-corrected chi connectivity index (χ4v) is 4.26. The molecule has 2 N–H and O–H groups in total. The van der Waals surface area contributed by atoms with Gasteiger partial charge in [0.15, 0.2) is 15.8 Å². The van der Waals surface area contributed by atoms with Gasteiger partial charge in [0.2, 0.25) is 0 Å². The molecule has 0 aliphatic heterocycles. The van der Waals surface area contributed by atoms with E-state index in [0.29, 0.717) is 30.2 Å². The molecule has 0 saturated carbocycles. The summed E-state index contributed by atoms with van der Waals surface area (Å²) in [7, 11) is -3.21. The van der Waals surface area contributed by atoms with Crippen LogP contribution in [0.15, 0.2) is 52.4 Å². The van der Waals surface area contributed by atoms with Crippen molar-refractivity contribution in [1.82, 2.24) is 10.6 Å². The number of guanidine groups is 1. The predicted octanol–water partition coefficient (Wildman–Crippen LogP) is 4.14. The Balaban J connectivity index is 0.00000450. The number of aryl methyl sites for hydroxylation is 1. The summed E-state index contributed by atoms with van der Waals surface area (Å²) in [6, 6.07) is 12.5. The molecule has 0 heterocycles. The Labute approximate surface area is 200 Å². The van der Waals surface area contributed by atoms with Crippen LogP contribution in [0.5, 0.6) is 0 Å². The number of hydrogen-bond donors (Lipinski definition) is 2. The molecule has 2 rings (SSSR count). The van der Waals surface area contributed by atoms with Crippen molar-refractivity contribution < 1.29 is 12.8 Å². The summed E-state index contributed by atoms with van der Waals surface area (Å²) >= 11 is 1.75. The highest BCUT2D eigenvalue weighted by atomic mass is 127. The predicted molar refractivity (Wildman–Crippen MR) is 135 cm³/mol. The van der Waals surface area contributed by atoms with Gasteiger partial charge >= 0.3 is 0 Å². The van der Waals surface area contributed by atoms with Gasteiger partial charge in [0.05, 0.1) is 12.3 Å². The summed E-state index contributed by atoms with van der Waals surface area (Å²) < 4.78 is 36.9. The Kier molecular flexibility index (Phi) is 11.7. The van der Waals surface area contributed by atoms with Crippen LogP contribution in [0, 0.1) is 12.7 Å². The van der Waals surface area contributed by atoms with E-state index in [1.165, 1.54) is 34.9 Å². The minimum atomic E-state index is -3.21. The molecule has 0 spiro atoms. The van der Waals surface area contributed by atoms with E-state index in [1.807, 2.05) is 6.92 Å². The highest BCUT2D eigenvalue weighted by Gasteiger charge is 2.10. The molecule has 5 nitrogen and oxygen atoms in total. The van der Waals surface area contributed by atoms with Crippen LogP contribution in [0.25, 0.3) is 0 Å². The van der Waals surface area contributed by atoms with Crippen LogP contribution < -0.4 is 10.6 Å². The Hall–Kier alpha value is -1.33. The Bertz CT molecular complexity index is 936. The highest BCUT2D eigenvalue weighted by molar-refractivity contribution is 14.0. The lowest BCUT2D eigenvalue weighted by atomic mass is 10.1. The van der Waals surface area contributed by atoms with Gasteiger partial charge in [-0.2, -0.15) is 0 Å². The molecule has 0 fully saturated rings. The average molecular weight is 566 g/mol. The number of nitrogens with zero attached hydrogens (tertiary/aromatic N) is 1. The third-order valence-corrected chi connectivity index (χ3v) is 5.87. The number of rotatable bonds is 9. The number of thioether (sulfide) groups is 1. The van der Waals surface area contributed by atoms with E-state index in [1.54, 1.807) is 11.8 Å². The third kappa shape index (κ3) is 10.1. The number of aliphatic imine (C=N–C) groups is 1. The molecule has 2 aromatic rings. The van der Waals surface area contributed by atoms with E-state index in [0.717, 1.165) is 5.75 Å². The second kappa shape index (κ2) is 13.2. The van der Waals surface area contributed by atoms with Crippen LogP contribution >= 0.6 is 35.7 Å². The first-order chi connectivity index (χ1) is 13.8. The van der Waals surface area contributed by atoms with Crippen molar-refractivity contribution in [3.8, 4) is 0 Å². The lowest BCUT2D eigenvalue weighted by Gasteiger charge is -2.12. The van der Waals surface area contributed by atoms with Crippen LogP contribution in [0.1, 0.15) is 23.6 Å². The monoisotopic (exact) mass is 565 g/mol. The molecular formula is C21H29FIN3O2S2. The fourth-order valence-electron chi connectivity index (χ4n) is 2.64. The minimum absolute atomic E-state index is 0. The zero-order valence-corrected chi connectivity index (χ0v) is 21.4. The van der Waals surface area contributed by atoms with Gasteiger partial charge in [-0.05, 0) is 49.2 Å². The van der Waals surface area contributed by atoms with Crippen molar-refractivity contribution in [2.24, 2.45) is 4.99 Å². The highest BCUT2D eigenvalue weighted by Crippen LogP contribution is 2.18. The average Bonchev–Trinajstić information content (AvgIpc) is 2.65. The second-order valence-corrected chi connectivity index (χ2v) is 10.1. The van der Waals surface area contributed by atoms with E-state index in [9.17, 15) is 12.8 Å². The molecule has 0 radical (unpaired) electrons. The van der Waals surface area contributed by atoms with Gasteiger partial charge in [-0.25, -0.2) is 17.8 Å². The smallest absolute Gasteiger partial charge is 0.191 e. The molecule has 30 heavy (non-hydrogen) atoms. The summed E-state index contributed by atoms with van der Waals surface area (Å²) in [6.07, 6.45) is 1.17. The van der Waals surface area contributed by atoms with E-state index in [4.69, 9.17) is 0 Å². The molecular weight excluding hydrogens is 536 g/mol. The van der Waals surface area contributed by atoms with Crippen molar-refractivity contribution in [2.75, 3.05) is 25.1 Å². The normalized spacial score (nSPS) is 11.7. The largest absolute Gasteiger partial charge is 0.357 e. The van der Waals surface area contributed by atoms with Gasteiger partial charge in [-0.3, -0.25) is 0 Å². The van der Waals surface area contributed by atoms with E-state index in [-0.39, 0.29) is 36.3 Å². The topological polar surface area (TPSA) is 70.6 Å². The molecule has 0 saturated heterocycles. The molecule has 0 aliphatic rings. The molecule has 9 heteroatoms. The standard InChI is InChI=1S/C21H28FN3O2S2.HI/c1-4-23-21(24-11-12-28-20-9-5-16(2)6-10-20)25-14-18-13-19(22)8-7-17(18)15-29(3,26)27;/h5-10,13H,4,11-12,14-15H2,1-3H3,(H2,23,24,25);1H. The van der Waals surface area contributed by atoms with Gasteiger partial charge in [0.25, 0.3) is 0 Å². The zero-order chi connectivity index (χ0) is 21.3. The lowest BCUT2D eigenvalue weighted by Crippen LogP contribution is -2.38. The van der Waals surface area contributed by atoms with Crippen LogP contribution in [-0.2, 0) is 22.1 Å². The minimum Gasteiger partial charge on any atom is -0.357 e. The maximum Gasteiger partial charge on any atom is 0.191 e. The van der Waals surface area contributed by atoms with Crippen LogP contribution in [-0.4, -0.2) is 39.5 Å². The Morgan fingerprint density at radius 3 is 2.43 bits per heavy atom. The van der Waals surface area contributed by atoms with Crippen molar-refractivity contribution in [3.05, 3.63) is 65.0 Å². The van der Waals surface area contributed by atoms with Gasteiger partial charge < -0.3 is 10.6 Å². The van der Waals surface area contributed by atoms with Crippen molar-refractivity contribution in [1.29, 1.82) is 0 Å². The number of benzene rings is 2. The number of hydrogen-bond acceptors (Lipinski definition) is 4. The van der Waals surface area contributed by atoms with Crippen LogP contribution in [0.2, 0.25) is 0 Å². The molecule has 0 bridgehead atoms. The molecule has 0 atom stereocenters. The first-order valence-electron chi connectivity index (χ1n) is 9.43. The summed E-state index contributed by atoms with van der Waals surface area (Å²) in [6.45, 7) is 5.63. The van der Waals surface area contributed by atoms with Gasteiger partial charge in [-0.15, -0.1) is 35.7 Å². The zero-order valence-electron chi connectivity index (χ0n) is 17.4. The van der Waals surface area contributed by atoms with Gasteiger partial charge in [-0.1, -0.05) is 23.8 Å². The summed E-state index contributed by atoms with van der Waals surface area (Å²) in [5.41, 5.74) is 2.38. The first-order valence-corrected chi connectivity index (χ1v) is 12.5. The van der Waals surface area contributed by atoms with Gasteiger partial charge in [0.1, 0.15) is 5.82 Å². The molecule has 0 amide bonds. The maximum atomic E-state index is 13.7. The molecule has 0 unspecified atom stereocenters. The van der Waals surface area contributed by atoms with E-state index >= 15 is 0 Å². The molecule has 0 aliphatic carbocycles. The Morgan fingerprint density at radius 2 is 1.80 bits per heavy atom.